The number of ether oxygens (including phenoxy) is 1. The Morgan fingerprint density at radius 2 is 2.05 bits per heavy atom. The topological polar surface area (TPSA) is 177 Å². The summed E-state index contributed by atoms with van der Waals surface area (Å²) in [6.07, 6.45) is 6.07. The van der Waals surface area contributed by atoms with Crippen LogP contribution >= 0.6 is 0 Å². The lowest BCUT2D eigenvalue weighted by atomic mass is 9.45. The number of carbonyl (C=O) groups is 1. The van der Waals surface area contributed by atoms with Crippen molar-refractivity contribution < 1.29 is 34.9 Å². The van der Waals surface area contributed by atoms with Crippen molar-refractivity contribution in [2.45, 2.75) is 82.5 Å². The number of nitrogens with two attached hydrogens (primary N) is 1. The molecule has 0 amide bonds. The Hall–Kier alpha value is -1.60. The molecule has 0 radical (unpaired) electrons. The Balaban J connectivity index is 1.55. The van der Waals surface area contributed by atoms with Crippen LogP contribution in [0.2, 0.25) is 0 Å². The molecule has 1 saturated heterocycles. The lowest BCUT2D eigenvalue weighted by Gasteiger charge is -2.60. The van der Waals surface area contributed by atoms with E-state index in [0.29, 0.717) is 38.3 Å². The number of aliphatic imine (C=N–C) groups is 1. The molecule has 5 rings (SSSR count). The lowest BCUT2D eigenvalue weighted by molar-refractivity contribution is -0.828. The zero-order valence-electron chi connectivity index (χ0n) is 25.5. The highest BCUT2D eigenvalue weighted by Crippen LogP contribution is 2.76. The molecule has 2 spiro atoms. The monoisotopic (exact) mass is 591 g/mol. The molecule has 0 aromatic carbocycles. The van der Waals surface area contributed by atoms with Gasteiger partial charge in [-0.25, -0.2) is 4.99 Å². The first kappa shape index (κ1) is 31.8. The van der Waals surface area contributed by atoms with E-state index in [1.807, 2.05) is 7.05 Å². The average Bonchev–Trinajstić information content (AvgIpc) is 3.30. The predicted octanol–water partition coefficient (Wildman–Crippen LogP) is -2.07. The van der Waals surface area contributed by atoms with Crippen LogP contribution in [0.1, 0.15) is 64.7 Å². The standard InChI is InChI=1S/C31H53N5O6/c1-20-6-7-21-14-25-26(27(39)40)29(41,19-42-24-5-3-4-23(38)15-24)17-30(20,25)31(21)18-36(28(32)35-10-9-33-2)12-8-22(31)16-34-11-13-37/h20-24,33-34,37-38,41H,3-19H2,1-2H3,(H2,32,35)(H,39,40)/t20-,21-,22-,23+,24+,29+,30+,31-/m1/s1. The number of guanidine groups is 1. The molecular formula is C31H53N5O6. The molecular weight excluding hydrogens is 538 g/mol. The van der Waals surface area contributed by atoms with Gasteiger partial charge in [0.25, 0.3) is 5.96 Å². The van der Waals surface area contributed by atoms with Gasteiger partial charge in [-0.1, -0.05) is 12.5 Å². The number of likely N-dealkylation sites (N-methyl/N-ethyl adjacent to an activating group) is 1. The summed E-state index contributed by atoms with van der Waals surface area (Å²) < 4.78 is 6.23. The van der Waals surface area contributed by atoms with Crippen LogP contribution in [0.15, 0.2) is 16.1 Å². The number of carboxylic acid groups (broad SMARTS) is 1. The molecule has 1 heterocycles. The van der Waals surface area contributed by atoms with E-state index in [9.17, 15) is 25.2 Å². The highest BCUT2D eigenvalue weighted by molar-refractivity contribution is 5.90. The van der Waals surface area contributed by atoms with E-state index in [4.69, 9.17) is 10.5 Å². The minimum Gasteiger partial charge on any atom is -0.545 e. The van der Waals surface area contributed by atoms with E-state index in [1.165, 1.54) is 0 Å². The molecule has 8 N–H and O–H groups in total. The van der Waals surface area contributed by atoms with E-state index in [1.54, 1.807) is 0 Å². The van der Waals surface area contributed by atoms with Gasteiger partial charge in [0.15, 0.2) is 0 Å². The van der Waals surface area contributed by atoms with E-state index in [0.717, 1.165) is 75.2 Å². The normalized spacial score (nSPS) is 41.9. The number of piperidine rings is 1. The van der Waals surface area contributed by atoms with Gasteiger partial charge in [0, 0.05) is 35.9 Å². The Bertz CT molecular complexity index is 1050. The van der Waals surface area contributed by atoms with Crippen LogP contribution in [0.25, 0.3) is 0 Å². The number of aliphatic hydroxyl groups excluding tert-OH is 2. The van der Waals surface area contributed by atoms with Gasteiger partial charge in [-0.05, 0) is 82.7 Å². The molecule has 42 heavy (non-hydrogen) atoms. The number of aliphatic carboxylic acids is 1. The van der Waals surface area contributed by atoms with E-state index in [2.05, 4.69) is 22.5 Å². The van der Waals surface area contributed by atoms with Crippen LogP contribution in [0.4, 0.5) is 0 Å². The third-order valence-corrected chi connectivity index (χ3v) is 11.8. The molecule has 0 aromatic heterocycles. The molecule has 9 atom stereocenters. The van der Waals surface area contributed by atoms with Gasteiger partial charge in [-0.2, -0.15) is 0 Å². The summed E-state index contributed by atoms with van der Waals surface area (Å²) in [5.41, 5.74) is 5.05. The first-order valence-electron chi connectivity index (χ1n) is 16.2. The van der Waals surface area contributed by atoms with Gasteiger partial charge < -0.3 is 46.3 Å². The highest BCUT2D eigenvalue weighted by atomic mass is 16.5. The molecule has 5 aliphatic rings. The second-order valence-electron chi connectivity index (χ2n) is 13.8. The summed E-state index contributed by atoms with van der Waals surface area (Å²) >= 11 is 0. The largest absolute Gasteiger partial charge is 0.545 e. The average molecular weight is 592 g/mol. The predicted molar refractivity (Wildman–Crippen MR) is 156 cm³/mol. The first-order valence-corrected chi connectivity index (χ1v) is 16.2. The van der Waals surface area contributed by atoms with Crippen molar-refractivity contribution in [3.05, 3.63) is 11.1 Å². The maximum absolute atomic E-state index is 12.9. The van der Waals surface area contributed by atoms with Crippen LogP contribution in [0.3, 0.4) is 0 Å². The molecule has 1 aliphatic heterocycles. The summed E-state index contributed by atoms with van der Waals surface area (Å²) in [7, 11) is 1.89. The number of hydrogen-bond donors (Lipinski definition) is 7. The summed E-state index contributed by atoms with van der Waals surface area (Å²) in [6, 6.07) is 0. The summed E-state index contributed by atoms with van der Waals surface area (Å²) in [5.74, 6) is -0.0530. The van der Waals surface area contributed by atoms with Gasteiger partial charge in [0.05, 0.1) is 51.0 Å². The van der Waals surface area contributed by atoms with Crippen molar-refractivity contribution in [1.29, 1.82) is 0 Å². The Labute approximate surface area is 250 Å². The second kappa shape index (κ2) is 12.8. The zero-order valence-corrected chi connectivity index (χ0v) is 25.5. The van der Waals surface area contributed by atoms with Crippen molar-refractivity contribution in [1.82, 2.24) is 10.6 Å². The summed E-state index contributed by atoms with van der Waals surface area (Å²) in [4.78, 5) is 18.8. The van der Waals surface area contributed by atoms with Crippen LogP contribution in [0, 0.1) is 28.6 Å². The number of nitrogens with zero attached hydrogens (tertiary/aromatic N) is 1. The fourth-order valence-corrected chi connectivity index (χ4v) is 10.1. The SMILES string of the molecule is CNCCN=C(N)[NH+]1CC[C@H](CNCCO)[C@@]2(C1)[C@@H]1CC[C@@H](C)[C@]23C[C@](O)(CO[C@H]2CCC[C@H](O)C2)C(C(=O)[O-])=C3C1. The first-order chi connectivity index (χ1) is 20.1. The number of likely N-dealkylation sites (tertiary alicyclic amines) is 1. The number of aliphatic hydroxyl groups is 3. The van der Waals surface area contributed by atoms with Crippen molar-refractivity contribution in [3.8, 4) is 0 Å². The van der Waals surface area contributed by atoms with E-state index >= 15 is 0 Å². The van der Waals surface area contributed by atoms with Crippen molar-refractivity contribution in [3.63, 3.8) is 0 Å². The molecule has 11 nitrogen and oxygen atoms in total. The van der Waals surface area contributed by atoms with Gasteiger partial charge in [-0.3, -0.25) is 4.90 Å². The third kappa shape index (κ3) is 5.33. The van der Waals surface area contributed by atoms with Crippen LogP contribution in [0.5, 0.6) is 0 Å². The molecule has 0 aromatic rings. The van der Waals surface area contributed by atoms with Gasteiger partial charge >= 0.3 is 0 Å². The Morgan fingerprint density at radius 3 is 2.76 bits per heavy atom. The van der Waals surface area contributed by atoms with Crippen LogP contribution < -0.4 is 26.4 Å². The number of hydrogen-bond acceptors (Lipinski definition) is 9. The van der Waals surface area contributed by atoms with E-state index in [-0.39, 0.29) is 48.1 Å². The molecule has 1 unspecified atom stereocenters. The molecule has 2 bridgehead atoms. The van der Waals surface area contributed by atoms with Crippen molar-refractivity contribution >= 4 is 11.9 Å². The van der Waals surface area contributed by atoms with Crippen molar-refractivity contribution in [2.75, 3.05) is 59.5 Å². The molecule has 3 saturated carbocycles. The molecule has 11 heteroatoms. The molecule has 4 fully saturated rings. The minimum absolute atomic E-state index is 0.0410. The van der Waals surface area contributed by atoms with Gasteiger partial charge in [-0.15, -0.1) is 0 Å². The highest BCUT2D eigenvalue weighted by Gasteiger charge is 2.75. The lowest BCUT2D eigenvalue weighted by Crippen LogP contribution is -3.19. The van der Waals surface area contributed by atoms with Crippen molar-refractivity contribution in [2.24, 2.45) is 39.3 Å². The summed E-state index contributed by atoms with van der Waals surface area (Å²) in [5, 5.41) is 51.5. The van der Waals surface area contributed by atoms with Crippen LogP contribution in [-0.4, -0.2) is 105 Å². The van der Waals surface area contributed by atoms with Crippen LogP contribution in [-0.2, 0) is 9.53 Å². The maximum atomic E-state index is 12.9. The smallest absolute Gasteiger partial charge is 0.293 e. The molecule has 4 aliphatic carbocycles. The fourth-order valence-electron chi connectivity index (χ4n) is 10.1. The van der Waals surface area contributed by atoms with E-state index < -0.39 is 23.1 Å². The number of nitrogens with one attached hydrogen (secondary N) is 3. The fraction of sp³-hybridized carbons (Fsp3) is 0.871. The zero-order chi connectivity index (χ0) is 30.1. The number of quaternary nitrogens is 1. The maximum Gasteiger partial charge on any atom is 0.293 e. The third-order valence-electron chi connectivity index (χ3n) is 11.8. The van der Waals surface area contributed by atoms with Gasteiger partial charge in [0.1, 0.15) is 5.60 Å². The quantitative estimate of drug-likeness (QED) is 0.0808. The minimum atomic E-state index is -1.66. The molecule has 238 valence electrons. The number of allylic oxidation sites excluding steroid dienone is 1. The Kier molecular flexibility index (Phi) is 9.69. The second-order valence-corrected chi connectivity index (χ2v) is 13.8. The summed E-state index contributed by atoms with van der Waals surface area (Å²) in [6.45, 7) is 6.31. The van der Waals surface area contributed by atoms with Gasteiger partial charge in [0.2, 0.25) is 0 Å². The number of carboxylic acids is 1. The Morgan fingerprint density at radius 1 is 1.24 bits per heavy atom. The number of carbonyl (C=O) groups excluding carboxylic acids is 1. The number of rotatable bonds is 11.